The summed E-state index contributed by atoms with van der Waals surface area (Å²) in [5, 5.41) is 6.89. The van der Waals surface area contributed by atoms with Crippen LogP contribution in [-0.4, -0.2) is 18.0 Å². The number of nitrogens with one attached hydrogen (secondary N) is 1. The number of methoxy groups -OCH3 is 1. The number of nitrogens with zero attached hydrogens (tertiary/aromatic N) is 1. The molecule has 138 valence electrons. The maximum absolute atomic E-state index is 12.6. The molecule has 0 aliphatic rings. The van der Waals surface area contributed by atoms with E-state index >= 15 is 0 Å². The van der Waals surface area contributed by atoms with E-state index in [1.165, 1.54) is 11.3 Å². The number of aromatic nitrogens is 1. The molecule has 0 aliphatic heterocycles. The summed E-state index contributed by atoms with van der Waals surface area (Å²) in [5.74, 6) is 1.06. The lowest BCUT2D eigenvalue weighted by atomic mass is 10.2. The topological polar surface area (TPSA) is 77.5 Å². The van der Waals surface area contributed by atoms with Crippen LogP contribution in [0.3, 0.4) is 0 Å². The number of hydrogen-bond donors (Lipinski definition) is 1. The summed E-state index contributed by atoms with van der Waals surface area (Å²) in [5.41, 5.74) is 2.01. The van der Waals surface area contributed by atoms with E-state index in [9.17, 15) is 4.79 Å². The van der Waals surface area contributed by atoms with Gasteiger partial charge in [0.05, 0.1) is 7.11 Å². The molecule has 0 bridgehead atoms. The molecule has 0 aliphatic carbocycles. The molecule has 7 heteroatoms. The van der Waals surface area contributed by atoms with Crippen LogP contribution in [0.25, 0.3) is 33.4 Å². The maximum Gasteiger partial charge on any atom is 0.293 e. The van der Waals surface area contributed by atoms with Crippen molar-refractivity contribution >= 4 is 44.3 Å². The van der Waals surface area contributed by atoms with Gasteiger partial charge in [-0.1, -0.05) is 30.3 Å². The highest BCUT2D eigenvalue weighted by molar-refractivity contribution is 7.14. The van der Waals surface area contributed by atoms with Crippen LogP contribution in [0.5, 0.6) is 5.75 Å². The molecule has 1 amide bonds. The molecule has 28 heavy (non-hydrogen) atoms. The van der Waals surface area contributed by atoms with Crippen LogP contribution >= 0.6 is 11.3 Å². The molecular formula is C21H14N2O4S. The Bertz CT molecular complexity index is 1280. The van der Waals surface area contributed by atoms with Crippen molar-refractivity contribution in [1.29, 1.82) is 0 Å². The lowest BCUT2D eigenvalue weighted by Crippen LogP contribution is -2.10. The minimum Gasteiger partial charge on any atom is -0.493 e. The van der Waals surface area contributed by atoms with Crippen molar-refractivity contribution in [3.63, 3.8) is 0 Å². The van der Waals surface area contributed by atoms with E-state index in [1.807, 2.05) is 47.8 Å². The molecule has 0 unspecified atom stereocenters. The summed E-state index contributed by atoms with van der Waals surface area (Å²) >= 11 is 1.32. The minimum atomic E-state index is -0.372. The number of ether oxygens (including phenoxy) is 1. The molecule has 5 aromatic rings. The highest BCUT2D eigenvalue weighted by atomic mass is 32.1. The molecule has 0 radical (unpaired) electrons. The van der Waals surface area contributed by atoms with Crippen molar-refractivity contribution in [2.75, 3.05) is 12.4 Å². The van der Waals surface area contributed by atoms with Crippen LogP contribution in [0.15, 0.2) is 68.8 Å². The first kappa shape index (κ1) is 16.6. The van der Waals surface area contributed by atoms with Crippen LogP contribution < -0.4 is 10.1 Å². The van der Waals surface area contributed by atoms with Gasteiger partial charge in [-0.05, 0) is 24.3 Å². The van der Waals surface area contributed by atoms with E-state index in [2.05, 4.69) is 10.3 Å². The standard InChI is InChI=1S/C21H14N2O4S/c1-25-16-8-4-6-13-10-18(27-19(13)16)20(24)23-21-22-14(11-28-21)17-9-12-5-2-3-7-15(12)26-17/h2-11H,1H3,(H,22,23,24). The smallest absolute Gasteiger partial charge is 0.293 e. The third-order valence-electron chi connectivity index (χ3n) is 4.35. The second kappa shape index (κ2) is 6.54. The van der Waals surface area contributed by atoms with Crippen molar-refractivity contribution in [2.24, 2.45) is 0 Å². The quantitative estimate of drug-likeness (QED) is 0.434. The number of rotatable bonds is 4. The summed E-state index contributed by atoms with van der Waals surface area (Å²) in [7, 11) is 1.56. The van der Waals surface area contributed by atoms with E-state index < -0.39 is 0 Å². The van der Waals surface area contributed by atoms with Crippen molar-refractivity contribution < 1.29 is 18.4 Å². The number of benzene rings is 2. The van der Waals surface area contributed by atoms with E-state index in [4.69, 9.17) is 13.6 Å². The molecular weight excluding hydrogens is 376 g/mol. The maximum atomic E-state index is 12.6. The van der Waals surface area contributed by atoms with Gasteiger partial charge in [-0.2, -0.15) is 0 Å². The Morgan fingerprint density at radius 1 is 1.07 bits per heavy atom. The van der Waals surface area contributed by atoms with Crippen molar-refractivity contribution in [3.05, 3.63) is 65.7 Å². The third kappa shape index (κ3) is 2.82. The van der Waals surface area contributed by atoms with Gasteiger partial charge in [0.25, 0.3) is 5.91 Å². The Hall–Kier alpha value is -3.58. The van der Waals surface area contributed by atoms with Gasteiger partial charge >= 0.3 is 0 Å². The predicted molar refractivity (Wildman–Crippen MR) is 108 cm³/mol. The molecule has 0 fully saturated rings. The number of furan rings is 2. The molecule has 0 atom stereocenters. The summed E-state index contributed by atoms with van der Waals surface area (Å²) in [4.78, 5) is 17.0. The zero-order valence-electron chi connectivity index (χ0n) is 14.8. The van der Waals surface area contributed by atoms with Gasteiger partial charge in [0.1, 0.15) is 11.3 Å². The predicted octanol–water partition coefficient (Wildman–Crippen LogP) is 5.56. The van der Waals surface area contributed by atoms with E-state index in [0.29, 0.717) is 27.9 Å². The molecule has 3 aromatic heterocycles. The summed E-state index contributed by atoms with van der Waals surface area (Å²) in [6.07, 6.45) is 0. The third-order valence-corrected chi connectivity index (χ3v) is 5.11. The zero-order chi connectivity index (χ0) is 19.1. The normalized spacial score (nSPS) is 11.2. The molecule has 3 heterocycles. The first-order valence-corrected chi connectivity index (χ1v) is 9.41. The number of para-hydroxylation sites is 2. The van der Waals surface area contributed by atoms with E-state index in [0.717, 1.165) is 16.4 Å². The monoisotopic (exact) mass is 390 g/mol. The number of carbonyl (C=O) groups is 1. The Balaban J connectivity index is 1.40. The van der Waals surface area contributed by atoms with Crippen LogP contribution in [0.2, 0.25) is 0 Å². The molecule has 0 saturated carbocycles. The average Bonchev–Trinajstić information content (AvgIpc) is 3.44. The largest absolute Gasteiger partial charge is 0.493 e. The number of thiazole rings is 1. The SMILES string of the molecule is COc1cccc2cc(C(=O)Nc3nc(-c4cc5ccccc5o4)cs3)oc12. The van der Waals surface area contributed by atoms with Crippen molar-refractivity contribution in [2.45, 2.75) is 0 Å². The fourth-order valence-corrected chi connectivity index (χ4v) is 3.71. The summed E-state index contributed by atoms with van der Waals surface area (Å²) in [6.45, 7) is 0. The Labute approximate surface area is 163 Å². The fraction of sp³-hybridized carbons (Fsp3) is 0.0476. The second-order valence-electron chi connectivity index (χ2n) is 6.13. The lowest BCUT2D eigenvalue weighted by molar-refractivity contribution is 0.0998. The van der Waals surface area contributed by atoms with Crippen molar-refractivity contribution in [1.82, 2.24) is 4.98 Å². The molecule has 1 N–H and O–H groups in total. The number of amides is 1. The van der Waals surface area contributed by atoms with E-state index in [1.54, 1.807) is 19.2 Å². The Morgan fingerprint density at radius 3 is 2.79 bits per heavy atom. The fourth-order valence-electron chi connectivity index (χ4n) is 3.02. The van der Waals surface area contributed by atoms with Crippen LogP contribution in [0, 0.1) is 0 Å². The van der Waals surface area contributed by atoms with Gasteiger partial charge in [-0.15, -0.1) is 11.3 Å². The average molecular weight is 390 g/mol. The highest BCUT2D eigenvalue weighted by Gasteiger charge is 2.17. The highest BCUT2D eigenvalue weighted by Crippen LogP contribution is 2.31. The lowest BCUT2D eigenvalue weighted by Gasteiger charge is -1.99. The minimum absolute atomic E-state index is 0.194. The Morgan fingerprint density at radius 2 is 1.93 bits per heavy atom. The number of hydrogen-bond acceptors (Lipinski definition) is 6. The van der Waals surface area contributed by atoms with Gasteiger partial charge in [0, 0.05) is 16.2 Å². The number of carbonyl (C=O) groups excluding carboxylic acids is 1. The van der Waals surface area contributed by atoms with Gasteiger partial charge in [0.2, 0.25) is 0 Å². The first-order valence-electron chi connectivity index (χ1n) is 8.53. The molecule has 2 aromatic carbocycles. The zero-order valence-corrected chi connectivity index (χ0v) is 15.6. The molecule has 0 spiro atoms. The Kier molecular flexibility index (Phi) is 3.87. The second-order valence-corrected chi connectivity index (χ2v) is 6.99. The van der Waals surface area contributed by atoms with Crippen LogP contribution in [0.4, 0.5) is 5.13 Å². The van der Waals surface area contributed by atoms with E-state index in [-0.39, 0.29) is 11.7 Å². The number of anilines is 1. The molecule has 6 nitrogen and oxygen atoms in total. The number of fused-ring (bicyclic) bond motifs is 2. The summed E-state index contributed by atoms with van der Waals surface area (Å²) < 4.78 is 16.8. The van der Waals surface area contributed by atoms with Crippen LogP contribution in [0.1, 0.15) is 10.6 Å². The van der Waals surface area contributed by atoms with Gasteiger partial charge < -0.3 is 13.6 Å². The molecule has 5 rings (SSSR count). The van der Waals surface area contributed by atoms with Gasteiger partial charge in [0.15, 0.2) is 28.0 Å². The van der Waals surface area contributed by atoms with Gasteiger partial charge in [-0.25, -0.2) is 4.98 Å². The molecule has 0 saturated heterocycles. The first-order chi connectivity index (χ1) is 13.7. The summed E-state index contributed by atoms with van der Waals surface area (Å²) in [6, 6.07) is 16.9. The van der Waals surface area contributed by atoms with Gasteiger partial charge in [-0.3, -0.25) is 10.1 Å². The van der Waals surface area contributed by atoms with Crippen molar-refractivity contribution in [3.8, 4) is 17.2 Å². The van der Waals surface area contributed by atoms with Crippen LogP contribution in [-0.2, 0) is 0 Å².